The highest BCUT2D eigenvalue weighted by atomic mass is 16.6. The topological polar surface area (TPSA) is 238 Å². The fourth-order valence-electron chi connectivity index (χ4n) is 2.98. The molecule has 2 aliphatic rings. The molecule has 0 bridgehead atoms. The molecule has 2 fully saturated rings. The van der Waals surface area contributed by atoms with Crippen molar-refractivity contribution in [2.75, 3.05) is 13.2 Å². The van der Waals surface area contributed by atoms with Crippen LogP contribution in [0.25, 0.3) is 0 Å². The molecule has 10 N–H and O–H groups in total. The Morgan fingerprint density at radius 1 is 0.667 bits per heavy atom. The molecule has 0 aliphatic carbocycles. The van der Waals surface area contributed by atoms with Gasteiger partial charge in [-0.1, -0.05) is 0 Å². The van der Waals surface area contributed by atoms with E-state index >= 15 is 0 Å². The van der Waals surface area contributed by atoms with Gasteiger partial charge in [-0.3, -0.25) is 9.59 Å². The summed E-state index contributed by atoms with van der Waals surface area (Å²) in [5.41, 5.74) is 0. The predicted molar refractivity (Wildman–Crippen MR) is 95.2 cm³/mol. The Labute approximate surface area is 171 Å². The van der Waals surface area contributed by atoms with Crippen LogP contribution in [0.15, 0.2) is 0 Å². The monoisotopic (exact) mass is 442 g/mol. The minimum Gasteiger partial charge on any atom is -0.394 e. The van der Waals surface area contributed by atoms with Crippen LogP contribution >= 0.6 is 0 Å². The van der Waals surface area contributed by atoms with Crippen molar-refractivity contribution in [3.63, 3.8) is 0 Å². The number of nitrogens with one attached hydrogen (secondary N) is 2. The van der Waals surface area contributed by atoms with E-state index in [0.717, 1.165) is 0 Å². The summed E-state index contributed by atoms with van der Waals surface area (Å²) in [7, 11) is 0. The van der Waals surface area contributed by atoms with Crippen LogP contribution in [-0.4, -0.2) is 127 Å². The molecule has 14 nitrogen and oxygen atoms in total. The number of aliphatic hydroxyl groups excluding tert-OH is 8. The summed E-state index contributed by atoms with van der Waals surface area (Å²) in [4.78, 5) is 21.5. The maximum Gasteiger partial charge on any atom is 0.217 e. The van der Waals surface area contributed by atoms with Gasteiger partial charge in [0.2, 0.25) is 11.8 Å². The van der Waals surface area contributed by atoms with Crippen molar-refractivity contribution >= 4 is 11.8 Å². The van der Waals surface area contributed by atoms with E-state index in [2.05, 4.69) is 10.6 Å². The number of carbonyl (C=O) groups is 2. The number of carbonyl (C=O) groups excluding carboxylic acids is 2. The van der Waals surface area contributed by atoms with Crippen molar-refractivity contribution in [3.8, 4) is 0 Å². The Morgan fingerprint density at radius 3 is 1.20 bits per heavy atom. The molecule has 0 spiro atoms. The first-order chi connectivity index (χ1) is 13.9. The van der Waals surface area contributed by atoms with Crippen LogP contribution in [0, 0.1) is 0 Å². The Bertz CT molecular complexity index is 518. The number of amides is 2. The van der Waals surface area contributed by atoms with Gasteiger partial charge in [0.05, 0.1) is 13.2 Å². The zero-order valence-electron chi connectivity index (χ0n) is 16.4. The molecule has 2 rings (SSSR count). The Balaban J connectivity index is 0.000000300. The van der Waals surface area contributed by atoms with Crippen LogP contribution in [0.5, 0.6) is 0 Å². The molecule has 0 aromatic heterocycles. The van der Waals surface area contributed by atoms with Gasteiger partial charge in [0.15, 0.2) is 12.6 Å². The predicted octanol–water partition coefficient (Wildman–Crippen LogP) is -6.16. The molecule has 2 saturated heterocycles. The molecule has 0 aromatic rings. The second-order valence-corrected chi connectivity index (χ2v) is 6.91. The third-order valence-electron chi connectivity index (χ3n) is 4.54. The molecule has 2 amide bonds. The van der Waals surface area contributed by atoms with Gasteiger partial charge in [-0.05, 0) is 0 Å². The molecule has 2 heterocycles. The number of hydrogen-bond donors (Lipinski definition) is 10. The van der Waals surface area contributed by atoms with Gasteiger partial charge in [-0.2, -0.15) is 0 Å². The van der Waals surface area contributed by atoms with Crippen LogP contribution in [0.1, 0.15) is 13.8 Å². The van der Waals surface area contributed by atoms with Crippen molar-refractivity contribution in [2.45, 2.75) is 75.1 Å². The summed E-state index contributed by atoms with van der Waals surface area (Å²) in [5, 5.41) is 78.8. The highest BCUT2D eigenvalue weighted by molar-refractivity contribution is 5.73. The van der Waals surface area contributed by atoms with Gasteiger partial charge >= 0.3 is 0 Å². The van der Waals surface area contributed by atoms with E-state index in [0.29, 0.717) is 0 Å². The lowest BCUT2D eigenvalue weighted by atomic mass is 9.97. The van der Waals surface area contributed by atoms with Crippen LogP contribution in [0.3, 0.4) is 0 Å². The van der Waals surface area contributed by atoms with Gasteiger partial charge < -0.3 is 61.0 Å². The second kappa shape index (κ2) is 11.8. The highest BCUT2D eigenvalue weighted by Crippen LogP contribution is 2.20. The molecular formula is C16H30N2O12. The van der Waals surface area contributed by atoms with Crippen LogP contribution < -0.4 is 10.6 Å². The minimum atomic E-state index is -1.45. The normalized spacial score (nSPS) is 41.3. The number of rotatable bonds is 4. The molecule has 14 heteroatoms. The number of ether oxygens (including phenoxy) is 2. The summed E-state index contributed by atoms with van der Waals surface area (Å²) in [6, 6.07) is -2.19. The van der Waals surface area contributed by atoms with Crippen molar-refractivity contribution < 1.29 is 59.9 Å². The lowest BCUT2D eigenvalue weighted by Gasteiger charge is -2.40. The van der Waals surface area contributed by atoms with Crippen molar-refractivity contribution in [1.29, 1.82) is 0 Å². The van der Waals surface area contributed by atoms with Gasteiger partial charge in [-0.25, -0.2) is 0 Å². The fraction of sp³-hybridized carbons (Fsp3) is 0.875. The van der Waals surface area contributed by atoms with Crippen LogP contribution in [0.4, 0.5) is 0 Å². The Hall–Kier alpha value is -1.46. The average Bonchev–Trinajstić information content (AvgIpc) is 2.68. The minimum absolute atomic E-state index is 0.462. The third kappa shape index (κ3) is 6.78. The van der Waals surface area contributed by atoms with Crippen molar-refractivity contribution in [2.24, 2.45) is 0 Å². The first kappa shape index (κ1) is 26.6. The standard InChI is InChI=1S/2C8H15NO6/c2*1-3(11)9-5-7(13)6(12)4(2-10)15-8(5)14/h2*4-8,10,12-14H,2H2,1H3,(H,9,11)/t4-,5-,6+,7-,8?;4-,5-,6-,7-,8?/m11/s1. The summed E-state index contributed by atoms with van der Waals surface area (Å²) >= 11 is 0. The van der Waals surface area contributed by atoms with Crippen LogP contribution in [-0.2, 0) is 19.1 Å². The first-order valence-electron chi connectivity index (χ1n) is 9.09. The fourth-order valence-corrected chi connectivity index (χ4v) is 2.98. The van der Waals surface area contributed by atoms with Crippen molar-refractivity contribution in [1.82, 2.24) is 10.6 Å². The molecule has 0 radical (unpaired) electrons. The van der Waals surface area contributed by atoms with E-state index in [4.69, 9.17) is 19.7 Å². The molecule has 30 heavy (non-hydrogen) atoms. The molecule has 10 atom stereocenters. The lowest BCUT2D eigenvalue weighted by molar-refractivity contribution is -0.253. The summed E-state index contributed by atoms with van der Waals surface area (Å²) in [6.07, 6.45) is -10.5. The first-order valence-corrected chi connectivity index (χ1v) is 9.09. The largest absolute Gasteiger partial charge is 0.394 e. The third-order valence-corrected chi connectivity index (χ3v) is 4.54. The maximum absolute atomic E-state index is 10.7. The molecule has 2 aliphatic heterocycles. The summed E-state index contributed by atoms with van der Waals surface area (Å²) in [5.74, 6) is -0.923. The molecule has 0 aromatic carbocycles. The number of hydrogen-bond acceptors (Lipinski definition) is 12. The van der Waals surface area contributed by atoms with Gasteiger partial charge in [0, 0.05) is 13.8 Å². The van der Waals surface area contributed by atoms with E-state index < -0.39 is 86.3 Å². The summed E-state index contributed by atoms with van der Waals surface area (Å²) in [6.45, 7) is 1.37. The van der Waals surface area contributed by atoms with E-state index in [-0.39, 0.29) is 0 Å². The van der Waals surface area contributed by atoms with Crippen LogP contribution in [0.2, 0.25) is 0 Å². The number of aliphatic hydroxyl groups is 8. The molecule has 2 unspecified atom stereocenters. The Morgan fingerprint density at radius 2 is 0.967 bits per heavy atom. The van der Waals surface area contributed by atoms with E-state index in [9.17, 15) is 40.2 Å². The lowest BCUT2D eigenvalue weighted by Crippen LogP contribution is -2.63. The molecular weight excluding hydrogens is 412 g/mol. The average molecular weight is 442 g/mol. The zero-order chi connectivity index (χ0) is 23.2. The second-order valence-electron chi connectivity index (χ2n) is 6.91. The quantitative estimate of drug-likeness (QED) is 0.196. The van der Waals surface area contributed by atoms with Crippen molar-refractivity contribution in [3.05, 3.63) is 0 Å². The molecule has 0 saturated carbocycles. The van der Waals surface area contributed by atoms with Gasteiger partial charge in [-0.15, -0.1) is 0 Å². The van der Waals surface area contributed by atoms with E-state index in [1.165, 1.54) is 13.8 Å². The zero-order valence-corrected chi connectivity index (χ0v) is 16.4. The van der Waals surface area contributed by atoms with E-state index in [1.54, 1.807) is 0 Å². The smallest absolute Gasteiger partial charge is 0.217 e. The maximum atomic E-state index is 10.7. The van der Waals surface area contributed by atoms with Gasteiger partial charge in [0.1, 0.15) is 48.7 Å². The van der Waals surface area contributed by atoms with Gasteiger partial charge in [0.25, 0.3) is 0 Å². The summed E-state index contributed by atoms with van der Waals surface area (Å²) < 4.78 is 9.62. The highest BCUT2D eigenvalue weighted by Gasteiger charge is 2.44. The SMILES string of the molecule is CC(=O)N[C@H]1C(O)O[C@H](CO)[C@@H](O)[C@@H]1O.CC(=O)N[C@H]1C(O)O[C@H](CO)[C@H](O)[C@@H]1O. The molecule has 176 valence electrons. The van der Waals surface area contributed by atoms with E-state index in [1.807, 2.05) is 0 Å². The Kier molecular flexibility index (Phi) is 10.5.